The second-order valence-corrected chi connectivity index (χ2v) is 4.05. The van der Waals surface area contributed by atoms with Crippen molar-refractivity contribution in [1.29, 1.82) is 0 Å². The lowest BCUT2D eigenvalue weighted by atomic mass is 10.1. The first kappa shape index (κ1) is 13.9. The van der Waals surface area contributed by atoms with Crippen LogP contribution in [0.4, 0.5) is 4.39 Å². The molecule has 2 atom stereocenters. The van der Waals surface area contributed by atoms with E-state index in [1.54, 1.807) is 13.2 Å². The van der Waals surface area contributed by atoms with Gasteiger partial charge in [0.05, 0.1) is 6.61 Å². The average Bonchev–Trinajstić information content (AvgIpc) is 2.31. The summed E-state index contributed by atoms with van der Waals surface area (Å²) in [5.74, 6) is -0.0357. The molecule has 0 saturated carbocycles. The molecular formula is C13H20FNO2. The zero-order valence-corrected chi connectivity index (χ0v) is 10.8. The number of para-hydroxylation sites is 1. The van der Waals surface area contributed by atoms with E-state index in [2.05, 4.69) is 5.32 Å². The third-order valence-electron chi connectivity index (χ3n) is 2.62. The molecule has 0 fully saturated rings. The van der Waals surface area contributed by atoms with Crippen LogP contribution >= 0.6 is 0 Å². The van der Waals surface area contributed by atoms with Crippen LogP contribution in [-0.4, -0.2) is 26.9 Å². The molecule has 1 N–H and O–H groups in total. The van der Waals surface area contributed by atoms with Crippen LogP contribution in [-0.2, 0) is 4.74 Å². The largest absolute Gasteiger partial charge is 0.485 e. The first-order valence-electron chi connectivity index (χ1n) is 5.71. The van der Waals surface area contributed by atoms with Crippen LogP contribution in [0.3, 0.4) is 0 Å². The summed E-state index contributed by atoms with van der Waals surface area (Å²) in [6.07, 6.45) is -0.181. The predicted molar refractivity (Wildman–Crippen MR) is 65.8 cm³/mol. The minimum absolute atomic E-state index is 0.0374. The van der Waals surface area contributed by atoms with E-state index >= 15 is 0 Å². The maximum atomic E-state index is 13.8. The normalized spacial score (nSPS) is 14.4. The lowest BCUT2D eigenvalue weighted by Gasteiger charge is -2.20. The molecule has 4 heteroatoms. The van der Waals surface area contributed by atoms with Crippen molar-refractivity contribution < 1.29 is 13.9 Å². The Hall–Kier alpha value is -1.13. The summed E-state index contributed by atoms with van der Waals surface area (Å²) in [7, 11) is 3.43. The van der Waals surface area contributed by atoms with Gasteiger partial charge in [0.25, 0.3) is 0 Å². The molecule has 17 heavy (non-hydrogen) atoms. The minimum Gasteiger partial charge on any atom is -0.485 e. The summed E-state index contributed by atoms with van der Waals surface area (Å²) in [4.78, 5) is 0. The number of hydrogen-bond donors (Lipinski definition) is 1. The van der Waals surface area contributed by atoms with E-state index in [0.717, 1.165) is 5.56 Å². The topological polar surface area (TPSA) is 30.5 Å². The maximum Gasteiger partial charge on any atom is 0.165 e. The van der Waals surface area contributed by atoms with Crippen LogP contribution < -0.4 is 10.1 Å². The molecule has 2 unspecified atom stereocenters. The fourth-order valence-corrected chi connectivity index (χ4v) is 1.62. The van der Waals surface area contributed by atoms with E-state index in [1.807, 2.05) is 27.0 Å². The quantitative estimate of drug-likeness (QED) is 0.830. The van der Waals surface area contributed by atoms with E-state index in [4.69, 9.17) is 9.47 Å². The smallest absolute Gasteiger partial charge is 0.165 e. The molecule has 1 rings (SSSR count). The van der Waals surface area contributed by atoms with Gasteiger partial charge in [0.2, 0.25) is 0 Å². The molecule has 0 amide bonds. The first-order chi connectivity index (χ1) is 8.10. The molecule has 0 saturated heterocycles. The van der Waals surface area contributed by atoms with Crippen molar-refractivity contribution in [3.8, 4) is 5.75 Å². The van der Waals surface area contributed by atoms with Gasteiger partial charge in [-0.15, -0.1) is 0 Å². The highest BCUT2D eigenvalue weighted by Crippen LogP contribution is 2.28. The molecular weight excluding hydrogens is 221 g/mol. The van der Waals surface area contributed by atoms with Crippen molar-refractivity contribution in [2.24, 2.45) is 0 Å². The Kier molecular flexibility index (Phi) is 5.38. The van der Waals surface area contributed by atoms with E-state index in [-0.39, 0.29) is 18.0 Å². The van der Waals surface area contributed by atoms with Gasteiger partial charge in [-0.05, 0) is 27.0 Å². The SMILES string of the molecule is CNC(C)c1cccc(F)c1OC(C)COC. The molecule has 0 aromatic heterocycles. The van der Waals surface area contributed by atoms with Crippen molar-refractivity contribution in [3.05, 3.63) is 29.6 Å². The summed E-state index contributed by atoms with van der Waals surface area (Å²) in [5, 5.41) is 3.08. The second-order valence-electron chi connectivity index (χ2n) is 4.05. The zero-order valence-electron chi connectivity index (χ0n) is 10.8. The van der Waals surface area contributed by atoms with Gasteiger partial charge >= 0.3 is 0 Å². The maximum absolute atomic E-state index is 13.8. The monoisotopic (exact) mass is 241 g/mol. The molecule has 0 spiro atoms. The van der Waals surface area contributed by atoms with E-state index in [9.17, 15) is 4.39 Å². The molecule has 0 heterocycles. The number of ether oxygens (including phenoxy) is 2. The van der Waals surface area contributed by atoms with Gasteiger partial charge in [0, 0.05) is 18.7 Å². The van der Waals surface area contributed by atoms with Crippen LogP contribution in [0.1, 0.15) is 25.5 Å². The fourth-order valence-electron chi connectivity index (χ4n) is 1.62. The average molecular weight is 241 g/mol. The Balaban J connectivity index is 2.95. The summed E-state index contributed by atoms with van der Waals surface area (Å²) in [6.45, 7) is 4.24. The van der Waals surface area contributed by atoms with Crippen molar-refractivity contribution >= 4 is 0 Å². The van der Waals surface area contributed by atoms with E-state index < -0.39 is 0 Å². The van der Waals surface area contributed by atoms with Gasteiger partial charge in [-0.3, -0.25) is 0 Å². The standard InChI is InChI=1S/C13H20FNO2/c1-9(8-16-4)17-13-11(10(2)15-3)6-5-7-12(13)14/h5-7,9-10,15H,8H2,1-4H3. The van der Waals surface area contributed by atoms with Gasteiger partial charge in [-0.2, -0.15) is 0 Å². The summed E-state index contributed by atoms with van der Waals surface area (Å²) in [5.41, 5.74) is 0.815. The summed E-state index contributed by atoms with van der Waals surface area (Å²) >= 11 is 0. The van der Waals surface area contributed by atoms with Crippen LogP contribution in [0.2, 0.25) is 0 Å². The van der Waals surface area contributed by atoms with Gasteiger partial charge in [-0.25, -0.2) is 4.39 Å². The Bertz CT molecular complexity index is 357. The number of rotatable bonds is 6. The molecule has 0 aliphatic heterocycles. The van der Waals surface area contributed by atoms with Crippen molar-refractivity contribution in [2.45, 2.75) is 26.0 Å². The van der Waals surface area contributed by atoms with Gasteiger partial charge in [0.1, 0.15) is 6.10 Å². The third kappa shape index (κ3) is 3.68. The van der Waals surface area contributed by atoms with Gasteiger partial charge in [0.15, 0.2) is 11.6 Å². The molecule has 3 nitrogen and oxygen atoms in total. The lowest BCUT2D eigenvalue weighted by Crippen LogP contribution is -2.21. The Morgan fingerprint density at radius 2 is 2.06 bits per heavy atom. The Morgan fingerprint density at radius 3 is 2.65 bits per heavy atom. The highest BCUT2D eigenvalue weighted by atomic mass is 19.1. The molecule has 0 aliphatic rings. The Labute approximate surface area is 102 Å². The number of hydrogen-bond acceptors (Lipinski definition) is 3. The van der Waals surface area contributed by atoms with Crippen LogP contribution in [0, 0.1) is 5.82 Å². The second kappa shape index (κ2) is 6.57. The summed E-state index contributed by atoms with van der Waals surface area (Å²) < 4.78 is 24.3. The highest BCUT2D eigenvalue weighted by molar-refractivity contribution is 5.37. The molecule has 0 bridgehead atoms. The van der Waals surface area contributed by atoms with Crippen LogP contribution in [0.5, 0.6) is 5.75 Å². The zero-order chi connectivity index (χ0) is 12.8. The molecule has 0 radical (unpaired) electrons. The number of benzene rings is 1. The molecule has 96 valence electrons. The van der Waals surface area contributed by atoms with Crippen molar-refractivity contribution in [2.75, 3.05) is 20.8 Å². The predicted octanol–water partition coefficient (Wildman–Crippen LogP) is 2.52. The van der Waals surface area contributed by atoms with Gasteiger partial charge < -0.3 is 14.8 Å². The number of halogens is 1. The minimum atomic E-state index is -0.340. The van der Waals surface area contributed by atoms with Gasteiger partial charge in [-0.1, -0.05) is 12.1 Å². The van der Waals surface area contributed by atoms with E-state index in [1.165, 1.54) is 6.07 Å². The van der Waals surface area contributed by atoms with Crippen molar-refractivity contribution in [1.82, 2.24) is 5.32 Å². The highest BCUT2D eigenvalue weighted by Gasteiger charge is 2.16. The van der Waals surface area contributed by atoms with Crippen molar-refractivity contribution in [3.63, 3.8) is 0 Å². The van der Waals surface area contributed by atoms with Crippen LogP contribution in [0.25, 0.3) is 0 Å². The fraction of sp³-hybridized carbons (Fsp3) is 0.538. The van der Waals surface area contributed by atoms with Crippen LogP contribution in [0.15, 0.2) is 18.2 Å². The van der Waals surface area contributed by atoms with E-state index in [0.29, 0.717) is 12.4 Å². The molecule has 1 aromatic rings. The Morgan fingerprint density at radius 1 is 1.35 bits per heavy atom. The third-order valence-corrected chi connectivity index (χ3v) is 2.62. The lowest BCUT2D eigenvalue weighted by molar-refractivity contribution is 0.0882. The number of methoxy groups -OCH3 is 1. The summed E-state index contributed by atoms with van der Waals surface area (Å²) in [6, 6.07) is 4.99. The first-order valence-corrected chi connectivity index (χ1v) is 5.71. The number of nitrogens with one attached hydrogen (secondary N) is 1. The molecule has 0 aliphatic carbocycles. The molecule has 1 aromatic carbocycles.